The summed E-state index contributed by atoms with van der Waals surface area (Å²) in [4.78, 5) is 10.8. The van der Waals surface area contributed by atoms with Crippen molar-refractivity contribution in [3.05, 3.63) is 0 Å². The van der Waals surface area contributed by atoms with Crippen molar-refractivity contribution in [3.8, 4) is 0 Å². The first-order valence-corrected chi connectivity index (χ1v) is 5.44. The minimum Gasteiger partial charge on any atom is -0.436 e. The molecule has 1 aliphatic heterocycles. The Bertz CT molecular complexity index is 230. The molecule has 5 unspecified atom stereocenters. The lowest BCUT2D eigenvalue weighted by atomic mass is 9.86. The monoisotopic (exact) mass is 218 g/mol. The zero-order chi connectivity index (χ0) is 11.6. The maximum atomic E-state index is 13.8. The summed E-state index contributed by atoms with van der Waals surface area (Å²) in [7, 11) is 0. The van der Waals surface area contributed by atoms with Crippen LogP contribution in [0.4, 0.5) is 4.39 Å². The van der Waals surface area contributed by atoms with Gasteiger partial charge in [0.2, 0.25) is 6.29 Å². The summed E-state index contributed by atoms with van der Waals surface area (Å²) < 4.78 is 24.3. The minimum absolute atomic E-state index is 0.142. The van der Waals surface area contributed by atoms with E-state index in [1.54, 1.807) is 6.92 Å². The standard InChI is InChI=1S/C11H19FO3/c1-5-9-6(2)10(12)7(3)11(15-9)14-8(4)13/h6-7,9-11H,5H2,1-4H3. The van der Waals surface area contributed by atoms with E-state index in [0.29, 0.717) is 0 Å². The quantitative estimate of drug-likeness (QED) is 0.667. The highest BCUT2D eigenvalue weighted by molar-refractivity contribution is 5.66. The van der Waals surface area contributed by atoms with Crippen molar-refractivity contribution in [1.29, 1.82) is 0 Å². The van der Waals surface area contributed by atoms with E-state index < -0.39 is 24.3 Å². The van der Waals surface area contributed by atoms with Gasteiger partial charge in [0.05, 0.1) is 12.0 Å². The van der Waals surface area contributed by atoms with Crippen molar-refractivity contribution in [2.24, 2.45) is 11.8 Å². The molecule has 0 bridgehead atoms. The summed E-state index contributed by atoms with van der Waals surface area (Å²) in [6.07, 6.45) is -1.15. The normalized spacial score (nSPS) is 41.3. The summed E-state index contributed by atoms with van der Waals surface area (Å²) >= 11 is 0. The maximum Gasteiger partial charge on any atom is 0.304 e. The molecule has 5 atom stereocenters. The van der Waals surface area contributed by atoms with Crippen LogP contribution in [0.3, 0.4) is 0 Å². The number of alkyl halides is 1. The lowest BCUT2D eigenvalue weighted by molar-refractivity contribution is -0.244. The lowest BCUT2D eigenvalue weighted by Gasteiger charge is -2.40. The van der Waals surface area contributed by atoms with Gasteiger partial charge in [0.15, 0.2) is 0 Å². The van der Waals surface area contributed by atoms with E-state index in [1.165, 1.54) is 6.92 Å². The third-order valence-electron chi connectivity index (χ3n) is 3.01. The molecule has 0 aromatic rings. The van der Waals surface area contributed by atoms with Crippen LogP contribution < -0.4 is 0 Å². The molecule has 0 aromatic carbocycles. The lowest BCUT2D eigenvalue weighted by Crippen LogP contribution is -2.48. The predicted octanol–water partition coefficient (Wildman–Crippen LogP) is 2.29. The molecular weight excluding hydrogens is 199 g/mol. The fraction of sp³-hybridized carbons (Fsp3) is 0.909. The Balaban J connectivity index is 2.69. The van der Waals surface area contributed by atoms with Crippen molar-refractivity contribution in [2.75, 3.05) is 0 Å². The van der Waals surface area contributed by atoms with Crippen LogP contribution in [0.1, 0.15) is 34.1 Å². The van der Waals surface area contributed by atoms with Gasteiger partial charge in [-0.05, 0) is 6.42 Å². The van der Waals surface area contributed by atoms with Gasteiger partial charge in [-0.1, -0.05) is 20.8 Å². The zero-order valence-electron chi connectivity index (χ0n) is 9.70. The van der Waals surface area contributed by atoms with E-state index in [-0.39, 0.29) is 12.0 Å². The van der Waals surface area contributed by atoms with Gasteiger partial charge < -0.3 is 9.47 Å². The first-order chi connectivity index (χ1) is 6.97. The average molecular weight is 218 g/mol. The molecule has 1 heterocycles. The zero-order valence-corrected chi connectivity index (χ0v) is 9.70. The highest BCUT2D eigenvalue weighted by atomic mass is 19.1. The molecule has 0 aliphatic carbocycles. The molecule has 3 nitrogen and oxygen atoms in total. The van der Waals surface area contributed by atoms with E-state index in [1.807, 2.05) is 13.8 Å². The SMILES string of the molecule is CCC1OC(OC(C)=O)C(C)C(F)C1C. The van der Waals surface area contributed by atoms with Crippen LogP contribution in [-0.4, -0.2) is 24.5 Å². The maximum absolute atomic E-state index is 13.8. The van der Waals surface area contributed by atoms with Crippen LogP contribution in [0, 0.1) is 11.8 Å². The Labute approximate surface area is 89.9 Å². The summed E-state index contributed by atoms with van der Waals surface area (Å²) in [5.41, 5.74) is 0. The third-order valence-corrected chi connectivity index (χ3v) is 3.01. The topological polar surface area (TPSA) is 35.5 Å². The number of hydrogen-bond donors (Lipinski definition) is 0. The molecule has 0 spiro atoms. The number of carbonyl (C=O) groups is 1. The van der Waals surface area contributed by atoms with Crippen LogP contribution >= 0.6 is 0 Å². The Morgan fingerprint density at radius 1 is 1.40 bits per heavy atom. The van der Waals surface area contributed by atoms with E-state index in [0.717, 1.165) is 6.42 Å². The highest BCUT2D eigenvalue weighted by Crippen LogP contribution is 2.34. The van der Waals surface area contributed by atoms with Gasteiger partial charge >= 0.3 is 5.97 Å². The summed E-state index contributed by atoms with van der Waals surface area (Å²) in [6.45, 7) is 6.79. The molecule has 1 aliphatic rings. The number of carbonyl (C=O) groups excluding carboxylic acids is 1. The highest BCUT2D eigenvalue weighted by Gasteiger charge is 2.42. The molecule has 4 heteroatoms. The Hall–Kier alpha value is -0.640. The van der Waals surface area contributed by atoms with Gasteiger partial charge in [0.1, 0.15) is 6.17 Å². The first kappa shape index (κ1) is 12.4. The largest absolute Gasteiger partial charge is 0.436 e. The van der Waals surface area contributed by atoms with Gasteiger partial charge in [-0.25, -0.2) is 4.39 Å². The molecule has 0 aromatic heterocycles. The molecule has 1 rings (SSSR count). The predicted molar refractivity (Wildman–Crippen MR) is 53.9 cm³/mol. The Morgan fingerprint density at radius 2 is 2.00 bits per heavy atom. The Morgan fingerprint density at radius 3 is 2.47 bits per heavy atom. The molecule has 0 amide bonds. The van der Waals surface area contributed by atoms with Crippen LogP contribution in [0.2, 0.25) is 0 Å². The second-order valence-corrected chi connectivity index (χ2v) is 4.22. The average Bonchev–Trinajstić information content (AvgIpc) is 2.18. The second-order valence-electron chi connectivity index (χ2n) is 4.22. The fourth-order valence-corrected chi connectivity index (χ4v) is 2.02. The third kappa shape index (κ3) is 2.68. The van der Waals surface area contributed by atoms with Crippen molar-refractivity contribution in [1.82, 2.24) is 0 Å². The van der Waals surface area contributed by atoms with Gasteiger partial charge in [-0.15, -0.1) is 0 Å². The van der Waals surface area contributed by atoms with Crippen molar-refractivity contribution in [3.63, 3.8) is 0 Å². The Kier molecular flexibility index (Phi) is 4.08. The molecular formula is C11H19FO3. The fourth-order valence-electron chi connectivity index (χ4n) is 2.02. The second kappa shape index (κ2) is 4.92. The molecule has 0 saturated carbocycles. The van der Waals surface area contributed by atoms with Crippen LogP contribution in [0.25, 0.3) is 0 Å². The first-order valence-electron chi connectivity index (χ1n) is 5.44. The molecule has 15 heavy (non-hydrogen) atoms. The molecule has 0 radical (unpaired) electrons. The van der Waals surface area contributed by atoms with Crippen molar-refractivity contribution < 1.29 is 18.7 Å². The van der Waals surface area contributed by atoms with Gasteiger partial charge in [-0.2, -0.15) is 0 Å². The number of ether oxygens (including phenoxy) is 2. The molecule has 0 N–H and O–H groups in total. The summed E-state index contributed by atoms with van der Waals surface area (Å²) in [5.74, 6) is -0.966. The number of halogens is 1. The van der Waals surface area contributed by atoms with E-state index >= 15 is 0 Å². The van der Waals surface area contributed by atoms with E-state index in [9.17, 15) is 9.18 Å². The van der Waals surface area contributed by atoms with Gasteiger partial charge in [0.25, 0.3) is 0 Å². The summed E-state index contributed by atoms with van der Waals surface area (Å²) in [5, 5.41) is 0. The van der Waals surface area contributed by atoms with E-state index in [2.05, 4.69) is 0 Å². The van der Waals surface area contributed by atoms with Crippen LogP contribution in [0.5, 0.6) is 0 Å². The molecule has 1 saturated heterocycles. The van der Waals surface area contributed by atoms with Crippen molar-refractivity contribution >= 4 is 5.97 Å². The van der Waals surface area contributed by atoms with Crippen molar-refractivity contribution in [2.45, 2.75) is 52.7 Å². The van der Waals surface area contributed by atoms with E-state index in [4.69, 9.17) is 9.47 Å². The number of rotatable bonds is 2. The van der Waals surface area contributed by atoms with Gasteiger partial charge in [0, 0.05) is 12.8 Å². The summed E-state index contributed by atoms with van der Waals surface area (Å²) in [6, 6.07) is 0. The minimum atomic E-state index is -0.979. The smallest absolute Gasteiger partial charge is 0.304 e. The van der Waals surface area contributed by atoms with Crippen LogP contribution in [-0.2, 0) is 14.3 Å². The number of esters is 1. The number of hydrogen-bond acceptors (Lipinski definition) is 3. The van der Waals surface area contributed by atoms with Crippen LogP contribution in [0.15, 0.2) is 0 Å². The van der Waals surface area contributed by atoms with Gasteiger partial charge in [-0.3, -0.25) is 4.79 Å². The molecule has 88 valence electrons. The molecule has 1 fully saturated rings.